The molecule has 18 heavy (non-hydrogen) atoms. The van der Waals surface area contributed by atoms with Crippen molar-refractivity contribution >= 4 is 11.6 Å². The Morgan fingerprint density at radius 3 is 1.22 bits per heavy atom. The standard InChI is InChI=1S/C12H25Cl.C5H10/c1-2-3-4-5-6-7-8-9-10-11-12-13;1-2-4-5-3-1/h2-12H2,1H3;1-5H2. The molecule has 0 aromatic carbocycles. The molecule has 0 amide bonds. The first kappa shape index (κ1) is 18.3. The second-order valence-corrected chi connectivity index (χ2v) is 6.02. The van der Waals surface area contributed by atoms with E-state index >= 15 is 0 Å². The molecule has 0 saturated heterocycles. The van der Waals surface area contributed by atoms with Crippen molar-refractivity contribution in [3.05, 3.63) is 0 Å². The highest BCUT2D eigenvalue weighted by Crippen LogP contribution is 2.15. The highest BCUT2D eigenvalue weighted by Gasteiger charge is 1.95. The van der Waals surface area contributed by atoms with Crippen LogP contribution < -0.4 is 0 Å². The van der Waals surface area contributed by atoms with Crippen molar-refractivity contribution in [3.63, 3.8) is 0 Å². The van der Waals surface area contributed by atoms with E-state index < -0.39 is 0 Å². The van der Waals surface area contributed by atoms with Gasteiger partial charge in [0.25, 0.3) is 0 Å². The van der Waals surface area contributed by atoms with Gasteiger partial charge < -0.3 is 0 Å². The molecule has 0 aromatic heterocycles. The molecule has 1 saturated carbocycles. The summed E-state index contributed by atoms with van der Waals surface area (Å²) in [6.45, 7) is 2.27. The predicted molar refractivity (Wildman–Crippen MR) is 85.6 cm³/mol. The first-order valence-electron chi connectivity index (χ1n) is 8.47. The van der Waals surface area contributed by atoms with E-state index in [4.69, 9.17) is 11.6 Å². The molecule has 1 aliphatic rings. The zero-order valence-corrected chi connectivity index (χ0v) is 13.4. The van der Waals surface area contributed by atoms with Gasteiger partial charge in [-0.2, -0.15) is 0 Å². The number of rotatable bonds is 10. The Kier molecular flexibility index (Phi) is 17.6. The Morgan fingerprint density at radius 2 is 0.889 bits per heavy atom. The lowest BCUT2D eigenvalue weighted by Crippen LogP contribution is -1.81. The molecule has 0 nitrogen and oxygen atoms in total. The minimum absolute atomic E-state index is 0.844. The van der Waals surface area contributed by atoms with Crippen LogP contribution >= 0.6 is 11.6 Å². The lowest BCUT2D eigenvalue weighted by molar-refractivity contribution is 0.563. The Bertz CT molecular complexity index is 112. The van der Waals surface area contributed by atoms with Crippen molar-refractivity contribution in [2.24, 2.45) is 0 Å². The third kappa shape index (κ3) is 16.3. The van der Waals surface area contributed by atoms with E-state index in [-0.39, 0.29) is 0 Å². The van der Waals surface area contributed by atoms with Gasteiger partial charge in [-0.15, -0.1) is 11.6 Å². The van der Waals surface area contributed by atoms with Gasteiger partial charge in [0, 0.05) is 5.88 Å². The molecule has 1 aliphatic carbocycles. The quantitative estimate of drug-likeness (QED) is 0.294. The van der Waals surface area contributed by atoms with Crippen LogP contribution in [-0.4, -0.2) is 5.88 Å². The highest BCUT2D eigenvalue weighted by molar-refractivity contribution is 6.17. The smallest absolute Gasteiger partial charge is 0.0223 e. The van der Waals surface area contributed by atoms with Crippen LogP contribution in [-0.2, 0) is 0 Å². The maximum Gasteiger partial charge on any atom is 0.0223 e. The van der Waals surface area contributed by atoms with E-state index in [9.17, 15) is 0 Å². The van der Waals surface area contributed by atoms with Crippen LogP contribution in [0.2, 0.25) is 0 Å². The average Bonchev–Trinajstić information content (AvgIpc) is 2.96. The van der Waals surface area contributed by atoms with E-state index in [1.54, 1.807) is 0 Å². The fourth-order valence-electron chi connectivity index (χ4n) is 2.47. The Hall–Kier alpha value is 0.290. The molecule has 0 aromatic rings. The Labute approximate surface area is 121 Å². The molecule has 1 heteroatoms. The third-order valence-corrected chi connectivity index (χ3v) is 4.00. The van der Waals surface area contributed by atoms with Crippen molar-refractivity contribution < 1.29 is 0 Å². The number of hydrogen-bond acceptors (Lipinski definition) is 0. The maximum absolute atomic E-state index is 5.60. The summed E-state index contributed by atoms with van der Waals surface area (Å²) in [6.07, 6.45) is 21.4. The number of alkyl halides is 1. The van der Waals surface area contributed by atoms with Crippen LogP contribution in [0.3, 0.4) is 0 Å². The fourth-order valence-corrected chi connectivity index (χ4v) is 2.65. The molecular weight excluding hydrogens is 240 g/mol. The molecule has 110 valence electrons. The average molecular weight is 275 g/mol. The van der Waals surface area contributed by atoms with Gasteiger partial charge in [0.05, 0.1) is 0 Å². The molecule has 0 aliphatic heterocycles. The van der Waals surface area contributed by atoms with Crippen LogP contribution in [0.15, 0.2) is 0 Å². The predicted octanol–water partition coefficient (Wildman–Crippen LogP) is 7.10. The number of unbranched alkanes of at least 4 members (excludes halogenated alkanes) is 9. The van der Waals surface area contributed by atoms with E-state index in [2.05, 4.69) is 6.92 Å². The molecular formula is C17H35Cl. The van der Waals surface area contributed by atoms with Crippen molar-refractivity contribution in [1.82, 2.24) is 0 Å². The van der Waals surface area contributed by atoms with Crippen LogP contribution in [0, 0.1) is 0 Å². The van der Waals surface area contributed by atoms with Crippen LogP contribution in [0.4, 0.5) is 0 Å². The second-order valence-electron chi connectivity index (χ2n) is 5.64. The third-order valence-electron chi connectivity index (χ3n) is 3.74. The number of hydrogen-bond donors (Lipinski definition) is 0. The van der Waals surface area contributed by atoms with Gasteiger partial charge >= 0.3 is 0 Å². The van der Waals surface area contributed by atoms with E-state index in [0.717, 1.165) is 5.88 Å². The minimum atomic E-state index is 0.844. The summed E-state index contributed by atoms with van der Waals surface area (Å²) in [7, 11) is 0. The topological polar surface area (TPSA) is 0 Å². The van der Waals surface area contributed by atoms with Gasteiger partial charge in [-0.1, -0.05) is 96.8 Å². The molecule has 0 N–H and O–H groups in total. The SMILES string of the molecule is C1CCCC1.CCCCCCCCCCCCCl. The van der Waals surface area contributed by atoms with Gasteiger partial charge in [-0.3, -0.25) is 0 Å². The van der Waals surface area contributed by atoms with Crippen molar-refractivity contribution in [2.75, 3.05) is 5.88 Å². The molecule has 1 fully saturated rings. The van der Waals surface area contributed by atoms with Crippen LogP contribution in [0.1, 0.15) is 103 Å². The van der Waals surface area contributed by atoms with Gasteiger partial charge in [0.15, 0.2) is 0 Å². The zero-order chi connectivity index (χ0) is 13.3. The monoisotopic (exact) mass is 274 g/mol. The summed E-state index contributed by atoms with van der Waals surface area (Å²) in [5, 5.41) is 0. The molecule has 0 unspecified atom stereocenters. The first-order chi connectivity index (χ1) is 8.91. The Balaban J connectivity index is 0.000000473. The zero-order valence-electron chi connectivity index (χ0n) is 12.7. The normalized spacial score (nSPS) is 14.3. The van der Waals surface area contributed by atoms with Crippen molar-refractivity contribution in [2.45, 2.75) is 103 Å². The summed E-state index contributed by atoms with van der Waals surface area (Å²) in [6, 6.07) is 0. The maximum atomic E-state index is 5.60. The largest absolute Gasteiger partial charge is 0.127 e. The van der Waals surface area contributed by atoms with E-state index in [1.807, 2.05) is 0 Å². The van der Waals surface area contributed by atoms with Gasteiger partial charge in [0.1, 0.15) is 0 Å². The molecule has 0 heterocycles. The van der Waals surface area contributed by atoms with Crippen molar-refractivity contribution in [1.29, 1.82) is 0 Å². The summed E-state index contributed by atoms with van der Waals surface area (Å²) in [5.74, 6) is 0.844. The Morgan fingerprint density at radius 1 is 0.556 bits per heavy atom. The van der Waals surface area contributed by atoms with E-state index in [0.29, 0.717) is 0 Å². The molecule has 1 rings (SSSR count). The van der Waals surface area contributed by atoms with Gasteiger partial charge in [-0.25, -0.2) is 0 Å². The summed E-state index contributed by atoms with van der Waals surface area (Å²) in [5.41, 5.74) is 0. The van der Waals surface area contributed by atoms with Crippen molar-refractivity contribution in [3.8, 4) is 0 Å². The first-order valence-corrected chi connectivity index (χ1v) is 9.01. The lowest BCUT2D eigenvalue weighted by Gasteiger charge is -2.00. The van der Waals surface area contributed by atoms with E-state index in [1.165, 1.54) is 96.3 Å². The summed E-state index contributed by atoms with van der Waals surface area (Å²) >= 11 is 5.60. The fraction of sp³-hybridized carbons (Fsp3) is 1.00. The molecule has 0 bridgehead atoms. The highest BCUT2D eigenvalue weighted by atomic mass is 35.5. The summed E-state index contributed by atoms with van der Waals surface area (Å²) in [4.78, 5) is 0. The summed E-state index contributed by atoms with van der Waals surface area (Å²) < 4.78 is 0. The lowest BCUT2D eigenvalue weighted by atomic mass is 10.1. The van der Waals surface area contributed by atoms with Gasteiger partial charge in [0.2, 0.25) is 0 Å². The number of halogens is 1. The van der Waals surface area contributed by atoms with Gasteiger partial charge in [-0.05, 0) is 6.42 Å². The minimum Gasteiger partial charge on any atom is -0.127 e. The van der Waals surface area contributed by atoms with Crippen LogP contribution in [0.25, 0.3) is 0 Å². The molecule has 0 atom stereocenters. The molecule has 0 radical (unpaired) electrons. The second kappa shape index (κ2) is 17.3. The molecule has 0 spiro atoms. The van der Waals surface area contributed by atoms with Crippen LogP contribution in [0.5, 0.6) is 0 Å².